The summed E-state index contributed by atoms with van der Waals surface area (Å²) in [6, 6.07) is 0. The van der Waals surface area contributed by atoms with Crippen molar-refractivity contribution in [3.63, 3.8) is 0 Å². The van der Waals surface area contributed by atoms with E-state index in [0.29, 0.717) is 17.3 Å². The standard InChI is InChI=1S/C12H17F3N4S/c1-3-16-7-9-10(17-11-19(9)5-6-20-11)18(4-2)8-12(13,14)15/h5-6,16H,3-4,7-8H2,1-2H3. The van der Waals surface area contributed by atoms with E-state index < -0.39 is 12.7 Å². The van der Waals surface area contributed by atoms with Crippen LogP contribution in [-0.2, 0) is 6.54 Å². The Morgan fingerprint density at radius 2 is 2.15 bits per heavy atom. The second kappa shape index (κ2) is 6.01. The van der Waals surface area contributed by atoms with E-state index in [-0.39, 0.29) is 6.54 Å². The number of aromatic nitrogens is 2. The molecule has 0 bridgehead atoms. The molecule has 8 heteroatoms. The lowest BCUT2D eigenvalue weighted by molar-refractivity contribution is -0.119. The molecule has 2 heterocycles. The van der Waals surface area contributed by atoms with E-state index in [1.54, 1.807) is 6.92 Å². The van der Waals surface area contributed by atoms with E-state index in [1.165, 1.54) is 16.2 Å². The van der Waals surface area contributed by atoms with Gasteiger partial charge in [-0.05, 0) is 13.5 Å². The minimum Gasteiger partial charge on any atom is -0.346 e. The number of hydrogen-bond donors (Lipinski definition) is 1. The van der Waals surface area contributed by atoms with Crippen molar-refractivity contribution in [3.8, 4) is 0 Å². The summed E-state index contributed by atoms with van der Waals surface area (Å²) in [7, 11) is 0. The highest BCUT2D eigenvalue weighted by atomic mass is 32.1. The van der Waals surface area contributed by atoms with Crippen LogP contribution >= 0.6 is 11.3 Å². The molecule has 20 heavy (non-hydrogen) atoms. The zero-order chi connectivity index (χ0) is 14.8. The van der Waals surface area contributed by atoms with Crippen LogP contribution in [0, 0.1) is 0 Å². The highest BCUT2D eigenvalue weighted by molar-refractivity contribution is 7.15. The zero-order valence-corrected chi connectivity index (χ0v) is 12.2. The smallest absolute Gasteiger partial charge is 0.346 e. The van der Waals surface area contributed by atoms with Gasteiger partial charge in [-0.1, -0.05) is 6.92 Å². The molecule has 1 N–H and O–H groups in total. The van der Waals surface area contributed by atoms with Gasteiger partial charge in [0.25, 0.3) is 0 Å². The highest BCUT2D eigenvalue weighted by Crippen LogP contribution is 2.27. The van der Waals surface area contributed by atoms with Crippen molar-refractivity contribution in [2.75, 3.05) is 24.5 Å². The molecule has 0 spiro atoms. The van der Waals surface area contributed by atoms with Crippen molar-refractivity contribution in [2.24, 2.45) is 0 Å². The summed E-state index contributed by atoms with van der Waals surface area (Å²) >= 11 is 1.42. The van der Waals surface area contributed by atoms with Crippen molar-refractivity contribution < 1.29 is 13.2 Å². The number of thiazole rings is 1. The Balaban J connectivity index is 2.37. The predicted molar refractivity (Wildman–Crippen MR) is 74.4 cm³/mol. The quantitative estimate of drug-likeness (QED) is 0.891. The minimum absolute atomic E-state index is 0.267. The number of hydrogen-bond acceptors (Lipinski definition) is 4. The van der Waals surface area contributed by atoms with Gasteiger partial charge in [-0.25, -0.2) is 4.98 Å². The molecule has 0 saturated heterocycles. The number of nitrogens with one attached hydrogen (secondary N) is 1. The van der Waals surface area contributed by atoms with Crippen LogP contribution in [0.1, 0.15) is 19.5 Å². The van der Waals surface area contributed by atoms with Gasteiger partial charge in [0, 0.05) is 24.7 Å². The summed E-state index contributed by atoms with van der Waals surface area (Å²) in [6.45, 7) is 4.20. The molecule has 0 aromatic carbocycles. The number of alkyl halides is 3. The largest absolute Gasteiger partial charge is 0.405 e. The first-order chi connectivity index (χ1) is 9.46. The van der Waals surface area contributed by atoms with Gasteiger partial charge in [-0.2, -0.15) is 13.2 Å². The van der Waals surface area contributed by atoms with Crippen molar-refractivity contribution in [2.45, 2.75) is 26.6 Å². The number of fused-ring (bicyclic) bond motifs is 1. The molecule has 2 aromatic rings. The lowest BCUT2D eigenvalue weighted by Gasteiger charge is -2.23. The summed E-state index contributed by atoms with van der Waals surface area (Å²) in [4.78, 5) is 6.33. The average Bonchev–Trinajstić information content (AvgIpc) is 2.93. The minimum atomic E-state index is -4.23. The number of nitrogens with zero attached hydrogens (tertiary/aromatic N) is 3. The maximum absolute atomic E-state index is 12.7. The van der Waals surface area contributed by atoms with E-state index >= 15 is 0 Å². The number of anilines is 1. The van der Waals surface area contributed by atoms with Crippen LogP contribution in [0.25, 0.3) is 4.96 Å². The Labute approximate surface area is 119 Å². The fraction of sp³-hybridized carbons (Fsp3) is 0.583. The van der Waals surface area contributed by atoms with Gasteiger partial charge < -0.3 is 10.2 Å². The number of imidazole rings is 1. The Morgan fingerprint density at radius 1 is 1.40 bits per heavy atom. The molecule has 0 aliphatic rings. The lowest BCUT2D eigenvalue weighted by Crippen LogP contribution is -2.35. The van der Waals surface area contributed by atoms with Crippen molar-refractivity contribution in [1.29, 1.82) is 0 Å². The average molecular weight is 306 g/mol. The van der Waals surface area contributed by atoms with Gasteiger partial charge in [0.1, 0.15) is 6.54 Å². The first-order valence-electron chi connectivity index (χ1n) is 6.43. The molecule has 0 amide bonds. The molecule has 0 saturated carbocycles. The van der Waals surface area contributed by atoms with Crippen LogP contribution in [0.5, 0.6) is 0 Å². The zero-order valence-electron chi connectivity index (χ0n) is 11.4. The first kappa shape index (κ1) is 15.1. The van der Waals surface area contributed by atoms with Gasteiger partial charge >= 0.3 is 6.18 Å². The number of halogens is 3. The fourth-order valence-electron chi connectivity index (χ4n) is 2.03. The molecule has 112 valence electrons. The second-order valence-electron chi connectivity index (χ2n) is 4.35. The third-order valence-corrected chi connectivity index (χ3v) is 3.69. The van der Waals surface area contributed by atoms with E-state index in [9.17, 15) is 13.2 Å². The Morgan fingerprint density at radius 3 is 2.75 bits per heavy atom. The molecule has 0 fully saturated rings. The maximum atomic E-state index is 12.7. The molecule has 2 rings (SSSR count). The molecule has 0 radical (unpaired) electrons. The molecule has 0 aliphatic carbocycles. The lowest BCUT2D eigenvalue weighted by atomic mass is 10.3. The first-order valence-corrected chi connectivity index (χ1v) is 7.31. The summed E-state index contributed by atoms with van der Waals surface area (Å²) in [5, 5.41) is 5.03. The molecule has 0 aliphatic heterocycles. The summed E-state index contributed by atoms with van der Waals surface area (Å²) < 4.78 is 39.8. The molecule has 0 unspecified atom stereocenters. The molecule has 4 nitrogen and oxygen atoms in total. The molecular formula is C12H17F3N4S. The summed E-state index contributed by atoms with van der Waals surface area (Å²) in [5.74, 6) is 0.414. The van der Waals surface area contributed by atoms with Gasteiger partial charge in [-0.15, -0.1) is 11.3 Å². The van der Waals surface area contributed by atoms with Crippen molar-refractivity contribution in [1.82, 2.24) is 14.7 Å². The van der Waals surface area contributed by atoms with Crippen LogP contribution < -0.4 is 10.2 Å². The van der Waals surface area contributed by atoms with Crippen LogP contribution in [-0.4, -0.2) is 35.2 Å². The summed E-state index contributed by atoms with van der Waals surface area (Å²) in [6.07, 6.45) is -2.40. The van der Waals surface area contributed by atoms with Gasteiger partial charge in [0.05, 0.1) is 5.69 Å². The van der Waals surface area contributed by atoms with Gasteiger partial charge in [0.15, 0.2) is 10.8 Å². The van der Waals surface area contributed by atoms with Crippen LogP contribution in [0.3, 0.4) is 0 Å². The topological polar surface area (TPSA) is 32.6 Å². The van der Waals surface area contributed by atoms with Crippen LogP contribution in [0.15, 0.2) is 11.6 Å². The Bertz CT molecular complexity index is 561. The maximum Gasteiger partial charge on any atom is 0.405 e. The van der Waals surface area contributed by atoms with E-state index in [4.69, 9.17) is 0 Å². The van der Waals surface area contributed by atoms with Gasteiger partial charge in [-0.3, -0.25) is 4.40 Å². The van der Waals surface area contributed by atoms with Crippen LogP contribution in [0.2, 0.25) is 0 Å². The third-order valence-electron chi connectivity index (χ3n) is 2.93. The van der Waals surface area contributed by atoms with Crippen molar-refractivity contribution in [3.05, 3.63) is 17.3 Å². The van der Waals surface area contributed by atoms with Crippen LogP contribution in [0.4, 0.5) is 19.0 Å². The molecular weight excluding hydrogens is 289 g/mol. The Hall–Kier alpha value is -1.28. The molecule has 0 atom stereocenters. The summed E-state index contributed by atoms with van der Waals surface area (Å²) in [5.41, 5.74) is 0.772. The predicted octanol–water partition coefficient (Wildman–Crippen LogP) is 2.89. The van der Waals surface area contributed by atoms with E-state index in [2.05, 4.69) is 10.3 Å². The van der Waals surface area contributed by atoms with Crippen molar-refractivity contribution >= 4 is 22.1 Å². The number of rotatable bonds is 6. The Kier molecular flexibility index (Phi) is 4.54. The van der Waals surface area contributed by atoms with E-state index in [0.717, 1.165) is 12.2 Å². The molecule has 2 aromatic heterocycles. The highest BCUT2D eigenvalue weighted by Gasteiger charge is 2.32. The SMILES string of the molecule is CCNCc1c(N(CC)CC(F)(F)F)nc2sccn12. The monoisotopic (exact) mass is 306 g/mol. The van der Waals surface area contributed by atoms with Gasteiger partial charge in [0.2, 0.25) is 0 Å². The fourth-order valence-corrected chi connectivity index (χ4v) is 2.76. The second-order valence-corrected chi connectivity index (χ2v) is 5.22. The van der Waals surface area contributed by atoms with E-state index in [1.807, 2.05) is 22.9 Å². The third kappa shape index (κ3) is 3.24. The normalized spacial score (nSPS) is 12.2.